The molecular weight excluding hydrogens is 230 g/mol. The summed E-state index contributed by atoms with van der Waals surface area (Å²) in [6, 6.07) is 13.6. The zero-order valence-corrected chi connectivity index (χ0v) is 9.33. The molecule has 0 aromatic heterocycles. The lowest BCUT2D eigenvalue weighted by Crippen LogP contribution is -1.94. The van der Waals surface area contributed by atoms with E-state index in [0.29, 0.717) is 5.69 Å². The molecule has 4 nitrogen and oxygen atoms in total. The molecule has 0 spiro atoms. The van der Waals surface area contributed by atoms with Crippen molar-refractivity contribution in [1.29, 1.82) is 0 Å². The largest absolute Gasteiger partial charge is 0.478 e. The summed E-state index contributed by atoms with van der Waals surface area (Å²) in [6.45, 7) is 0. The molecule has 0 aliphatic rings. The summed E-state index contributed by atoms with van der Waals surface area (Å²) >= 11 is 0. The lowest BCUT2D eigenvalue weighted by Gasteiger charge is -2.02. The Morgan fingerprint density at radius 3 is 1.89 bits per heavy atom. The number of nitrogens with zero attached hydrogens (tertiary/aromatic N) is 1. The van der Waals surface area contributed by atoms with Crippen molar-refractivity contribution in [3.63, 3.8) is 0 Å². The van der Waals surface area contributed by atoms with Crippen LogP contribution in [0, 0.1) is 0 Å². The number of hydrogen-bond acceptors (Lipinski definition) is 3. The number of aromatic carboxylic acids is 1. The molecule has 0 fully saturated rings. The third kappa shape index (κ3) is 2.51. The first-order valence-corrected chi connectivity index (χ1v) is 5.22. The van der Waals surface area contributed by atoms with Gasteiger partial charge in [-0.2, -0.15) is 4.99 Å². The van der Waals surface area contributed by atoms with Crippen LogP contribution in [0.25, 0.3) is 11.1 Å². The first kappa shape index (κ1) is 11.8. The highest BCUT2D eigenvalue weighted by molar-refractivity contribution is 5.88. The number of isocyanates is 1. The maximum Gasteiger partial charge on any atom is 0.335 e. The summed E-state index contributed by atoms with van der Waals surface area (Å²) in [7, 11) is 0. The predicted octanol–water partition coefficient (Wildman–Crippen LogP) is 3.02. The van der Waals surface area contributed by atoms with Crippen LogP contribution in [-0.2, 0) is 4.79 Å². The van der Waals surface area contributed by atoms with Gasteiger partial charge in [-0.15, -0.1) is 0 Å². The van der Waals surface area contributed by atoms with Crippen LogP contribution in [0.1, 0.15) is 10.4 Å². The number of benzene rings is 2. The first-order valence-electron chi connectivity index (χ1n) is 5.22. The normalized spacial score (nSPS) is 9.56. The fourth-order valence-electron chi connectivity index (χ4n) is 1.59. The van der Waals surface area contributed by atoms with Crippen LogP contribution in [0.5, 0.6) is 0 Å². The maximum atomic E-state index is 10.7. The lowest BCUT2D eigenvalue weighted by molar-refractivity contribution is 0.0697. The van der Waals surface area contributed by atoms with E-state index in [2.05, 4.69) is 4.99 Å². The summed E-state index contributed by atoms with van der Waals surface area (Å²) in [5, 5.41) is 8.79. The van der Waals surface area contributed by atoms with E-state index in [4.69, 9.17) is 5.11 Å². The second-order valence-electron chi connectivity index (χ2n) is 3.63. The van der Waals surface area contributed by atoms with Crippen molar-refractivity contribution in [2.75, 3.05) is 0 Å². The molecule has 0 saturated carbocycles. The van der Waals surface area contributed by atoms with E-state index in [1.807, 2.05) is 12.1 Å². The molecule has 1 N–H and O–H groups in total. The van der Waals surface area contributed by atoms with Crippen molar-refractivity contribution in [1.82, 2.24) is 0 Å². The average Bonchev–Trinajstić information content (AvgIpc) is 2.40. The minimum atomic E-state index is -0.947. The Morgan fingerprint density at radius 1 is 0.944 bits per heavy atom. The van der Waals surface area contributed by atoms with Crippen molar-refractivity contribution in [3.05, 3.63) is 54.1 Å². The van der Waals surface area contributed by atoms with Crippen molar-refractivity contribution in [3.8, 4) is 11.1 Å². The second kappa shape index (κ2) is 5.08. The molecule has 4 heteroatoms. The van der Waals surface area contributed by atoms with E-state index in [0.717, 1.165) is 11.1 Å². The Kier molecular flexibility index (Phi) is 3.32. The second-order valence-corrected chi connectivity index (χ2v) is 3.63. The Balaban J connectivity index is 2.31. The Labute approximate surface area is 103 Å². The first-order chi connectivity index (χ1) is 8.70. The zero-order valence-electron chi connectivity index (χ0n) is 9.33. The van der Waals surface area contributed by atoms with Gasteiger partial charge in [0.1, 0.15) is 0 Å². The summed E-state index contributed by atoms with van der Waals surface area (Å²) in [5.41, 5.74) is 2.62. The van der Waals surface area contributed by atoms with Gasteiger partial charge in [0.05, 0.1) is 11.3 Å². The molecule has 88 valence electrons. The molecule has 0 heterocycles. The van der Waals surface area contributed by atoms with Gasteiger partial charge in [0, 0.05) is 0 Å². The highest BCUT2D eigenvalue weighted by Gasteiger charge is 2.03. The van der Waals surface area contributed by atoms with Crippen LogP contribution in [0.2, 0.25) is 0 Å². The number of carbonyl (C=O) groups is 1. The third-order valence-corrected chi connectivity index (χ3v) is 2.51. The fourth-order valence-corrected chi connectivity index (χ4v) is 1.59. The van der Waals surface area contributed by atoms with Gasteiger partial charge in [0.15, 0.2) is 0 Å². The standard InChI is InChI=1S/C14H9NO3/c16-9-15-13-7-5-11(6-8-13)10-1-3-12(4-2-10)14(17)18/h1-8H,(H,17,18). The summed E-state index contributed by atoms with van der Waals surface area (Å²) in [4.78, 5) is 24.3. The molecule has 2 aromatic carbocycles. The number of hydrogen-bond donors (Lipinski definition) is 1. The Bertz CT molecular complexity index is 565. The zero-order chi connectivity index (χ0) is 13.0. The quantitative estimate of drug-likeness (QED) is 0.661. The molecule has 0 aliphatic carbocycles. The number of rotatable bonds is 3. The molecular formula is C14H9NO3. The number of carboxylic acids is 1. The van der Waals surface area contributed by atoms with E-state index >= 15 is 0 Å². The molecule has 0 unspecified atom stereocenters. The van der Waals surface area contributed by atoms with Crippen LogP contribution < -0.4 is 0 Å². The Hall–Kier alpha value is -2.71. The van der Waals surface area contributed by atoms with Crippen LogP contribution in [0.3, 0.4) is 0 Å². The van der Waals surface area contributed by atoms with E-state index < -0.39 is 5.97 Å². The smallest absolute Gasteiger partial charge is 0.335 e. The van der Waals surface area contributed by atoms with Crippen molar-refractivity contribution >= 4 is 17.7 Å². The van der Waals surface area contributed by atoms with Gasteiger partial charge < -0.3 is 5.11 Å². The topological polar surface area (TPSA) is 66.7 Å². The van der Waals surface area contributed by atoms with Gasteiger partial charge in [0.25, 0.3) is 0 Å². The molecule has 0 atom stereocenters. The van der Waals surface area contributed by atoms with Gasteiger partial charge in [0.2, 0.25) is 6.08 Å². The van der Waals surface area contributed by atoms with Crippen LogP contribution in [0.15, 0.2) is 53.5 Å². The van der Waals surface area contributed by atoms with Crippen LogP contribution in [-0.4, -0.2) is 17.2 Å². The molecule has 2 aromatic rings. The van der Waals surface area contributed by atoms with E-state index in [1.54, 1.807) is 36.4 Å². The van der Waals surface area contributed by atoms with Gasteiger partial charge in [-0.25, -0.2) is 9.59 Å². The molecule has 0 saturated heterocycles. The molecule has 0 radical (unpaired) electrons. The summed E-state index contributed by atoms with van der Waals surface area (Å²) in [6.07, 6.45) is 1.47. The molecule has 0 amide bonds. The average molecular weight is 239 g/mol. The minimum Gasteiger partial charge on any atom is -0.478 e. The highest BCUT2D eigenvalue weighted by Crippen LogP contribution is 2.22. The maximum absolute atomic E-state index is 10.7. The summed E-state index contributed by atoms with van der Waals surface area (Å²) < 4.78 is 0. The lowest BCUT2D eigenvalue weighted by atomic mass is 10.0. The van der Waals surface area contributed by atoms with Gasteiger partial charge >= 0.3 is 5.97 Å². The third-order valence-electron chi connectivity index (χ3n) is 2.51. The Morgan fingerprint density at radius 2 is 1.44 bits per heavy atom. The molecule has 0 aliphatic heterocycles. The van der Waals surface area contributed by atoms with Crippen LogP contribution >= 0.6 is 0 Å². The number of carboxylic acid groups (broad SMARTS) is 1. The SMILES string of the molecule is O=C=Nc1ccc(-c2ccc(C(=O)O)cc2)cc1. The summed E-state index contributed by atoms with van der Waals surface area (Å²) in [5.74, 6) is -0.947. The van der Waals surface area contributed by atoms with Gasteiger partial charge in [-0.05, 0) is 35.4 Å². The molecule has 0 bridgehead atoms. The van der Waals surface area contributed by atoms with E-state index in [1.165, 1.54) is 6.08 Å². The van der Waals surface area contributed by atoms with Crippen molar-refractivity contribution in [2.45, 2.75) is 0 Å². The van der Waals surface area contributed by atoms with Gasteiger partial charge in [-0.3, -0.25) is 0 Å². The van der Waals surface area contributed by atoms with E-state index in [-0.39, 0.29) is 5.56 Å². The van der Waals surface area contributed by atoms with Crippen molar-refractivity contribution in [2.24, 2.45) is 4.99 Å². The fraction of sp³-hybridized carbons (Fsp3) is 0. The monoisotopic (exact) mass is 239 g/mol. The molecule has 2 rings (SSSR count). The minimum absolute atomic E-state index is 0.251. The van der Waals surface area contributed by atoms with Crippen LogP contribution in [0.4, 0.5) is 5.69 Å². The van der Waals surface area contributed by atoms with Gasteiger partial charge in [-0.1, -0.05) is 24.3 Å². The number of carbonyl (C=O) groups excluding carboxylic acids is 1. The highest BCUT2D eigenvalue weighted by atomic mass is 16.4. The predicted molar refractivity (Wildman–Crippen MR) is 66.6 cm³/mol. The van der Waals surface area contributed by atoms with E-state index in [9.17, 15) is 9.59 Å². The molecule has 18 heavy (non-hydrogen) atoms. The van der Waals surface area contributed by atoms with Crippen molar-refractivity contribution < 1.29 is 14.7 Å². The number of aliphatic imine (C=N–C) groups is 1.